The summed E-state index contributed by atoms with van der Waals surface area (Å²) in [5.41, 5.74) is 7.19. The predicted octanol–water partition coefficient (Wildman–Crippen LogP) is 3.25. The number of unbranched alkanes of at least 4 members (excludes halogenated alkanes) is 1. The van der Waals surface area contributed by atoms with Crippen molar-refractivity contribution in [3.05, 3.63) is 10.6 Å². The summed E-state index contributed by atoms with van der Waals surface area (Å²) in [5, 5.41) is 1.24. The van der Waals surface area contributed by atoms with Crippen molar-refractivity contribution in [1.82, 2.24) is 4.98 Å². The first kappa shape index (κ1) is 12.4. The summed E-state index contributed by atoms with van der Waals surface area (Å²) in [7, 11) is 0. The quantitative estimate of drug-likeness (QED) is 0.823. The smallest absolute Gasteiger partial charge is 0.186 e. The van der Waals surface area contributed by atoms with Gasteiger partial charge in [0, 0.05) is 29.9 Å². The minimum Gasteiger partial charge on any atom is -0.345 e. The van der Waals surface area contributed by atoms with E-state index in [-0.39, 0.29) is 0 Å². The molecule has 0 aliphatic heterocycles. The number of nitrogens with two attached hydrogens (primary N) is 1. The fourth-order valence-electron chi connectivity index (χ4n) is 2.44. The van der Waals surface area contributed by atoms with Crippen molar-refractivity contribution < 1.29 is 0 Å². The van der Waals surface area contributed by atoms with Crippen molar-refractivity contribution in [2.24, 2.45) is 5.73 Å². The highest BCUT2D eigenvalue weighted by Crippen LogP contribution is 2.45. The zero-order valence-electron chi connectivity index (χ0n) is 11.2. The van der Waals surface area contributed by atoms with Crippen LogP contribution in [0.4, 0.5) is 5.13 Å². The first-order chi connectivity index (χ1) is 8.83. The van der Waals surface area contributed by atoms with Gasteiger partial charge in [0.05, 0.1) is 5.69 Å². The summed E-state index contributed by atoms with van der Waals surface area (Å²) in [4.78, 5) is 8.79. The fourth-order valence-corrected chi connectivity index (χ4v) is 3.57. The highest BCUT2D eigenvalue weighted by Gasteiger charge is 2.34. The zero-order valence-corrected chi connectivity index (χ0v) is 12.0. The molecule has 0 bridgehead atoms. The highest BCUT2D eigenvalue weighted by atomic mass is 32.1. The van der Waals surface area contributed by atoms with Gasteiger partial charge in [-0.2, -0.15) is 0 Å². The normalized spacial score (nSPS) is 19.2. The standard InChI is InChI=1S/C14H23N3S/c1-2-3-8-17(11-6-7-11)14-16-13(10-4-5-10)12(9-15)18-14/h10-11H,2-9,15H2,1H3. The molecule has 0 atom stereocenters. The van der Waals surface area contributed by atoms with E-state index in [1.54, 1.807) is 0 Å². The van der Waals surface area contributed by atoms with Crippen molar-refractivity contribution in [2.75, 3.05) is 11.4 Å². The molecule has 4 heteroatoms. The topological polar surface area (TPSA) is 42.2 Å². The largest absolute Gasteiger partial charge is 0.345 e. The molecule has 0 aromatic carbocycles. The van der Waals surface area contributed by atoms with Gasteiger partial charge in [0.2, 0.25) is 0 Å². The molecule has 2 saturated carbocycles. The molecule has 100 valence electrons. The molecule has 0 saturated heterocycles. The Labute approximate surface area is 113 Å². The van der Waals surface area contributed by atoms with E-state index in [2.05, 4.69) is 11.8 Å². The summed E-state index contributed by atoms with van der Waals surface area (Å²) in [5.74, 6) is 0.723. The number of thiazole rings is 1. The molecule has 0 spiro atoms. The van der Waals surface area contributed by atoms with E-state index in [1.807, 2.05) is 11.3 Å². The maximum absolute atomic E-state index is 5.87. The molecule has 2 aliphatic rings. The van der Waals surface area contributed by atoms with Crippen LogP contribution < -0.4 is 10.6 Å². The number of hydrogen-bond donors (Lipinski definition) is 1. The Morgan fingerprint density at radius 3 is 2.67 bits per heavy atom. The zero-order chi connectivity index (χ0) is 12.5. The monoisotopic (exact) mass is 265 g/mol. The van der Waals surface area contributed by atoms with Crippen molar-refractivity contribution in [3.63, 3.8) is 0 Å². The first-order valence-electron chi connectivity index (χ1n) is 7.29. The first-order valence-corrected chi connectivity index (χ1v) is 8.11. The van der Waals surface area contributed by atoms with Crippen LogP contribution in [0.25, 0.3) is 0 Å². The molecule has 0 amide bonds. The minimum atomic E-state index is 0.662. The third-order valence-electron chi connectivity index (χ3n) is 3.85. The molecule has 3 rings (SSSR count). The van der Waals surface area contributed by atoms with E-state index in [9.17, 15) is 0 Å². The van der Waals surface area contributed by atoms with Crippen LogP contribution in [0.5, 0.6) is 0 Å². The highest BCUT2D eigenvalue weighted by molar-refractivity contribution is 7.15. The Morgan fingerprint density at radius 1 is 1.33 bits per heavy atom. The lowest BCUT2D eigenvalue weighted by Crippen LogP contribution is -2.26. The van der Waals surface area contributed by atoms with Crippen LogP contribution in [0, 0.1) is 0 Å². The third-order valence-corrected chi connectivity index (χ3v) is 4.98. The molecule has 2 fully saturated rings. The van der Waals surface area contributed by atoms with Gasteiger partial charge < -0.3 is 10.6 Å². The molecule has 1 aromatic rings. The van der Waals surface area contributed by atoms with Gasteiger partial charge in [0.25, 0.3) is 0 Å². The molecule has 2 N–H and O–H groups in total. The average Bonchev–Trinajstić information content (AvgIpc) is 3.28. The number of anilines is 1. The maximum Gasteiger partial charge on any atom is 0.186 e. The number of nitrogens with zero attached hydrogens (tertiary/aromatic N) is 2. The van der Waals surface area contributed by atoms with Crippen LogP contribution in [0.2, 0.25) is 0 Å². The van der Waals surface area contributed by atoms with E-state index in [4.69, 9.17) is 10.7 Å². The van der Waals surface area contributed by atoms with Gasteiger partial charge in [-0.3, -0.25) is 0 Å². The summed E-state index contributed by atoms with van der Waals surface area (Å²) in [6.45, 7) is 4.09. The summed E-state index contributed by atoms with van der Waals surface area (Å²) >= 11 is 1.84. The van der Waals surface area contributed by atoms with Crippen molar-refractivity contribution in [1.29, 1.82) is 0 Å². The number of hydrogen-bond acceptors (Lipinski definition) is 4. The molecule has 1 aromatic heterocycles. The van der Waals surface area contributed by atoms with E-state index in [0.29, 0.717) is 6.54 Å². The maximum atomic E-state index is 5.87. The molecule has 0 unspecified atom stereocenters. The second kappa shape index (κ2) is 5.17. The Kier molecular flexibility index (Phi) is 3.57. The lowest BCUT2D eigenvalue weighted by atomic mass is 10.2. The lowest BCUT2D eigenvalue weighted by Gasteiger charge is -2.20. The molecule has 18 heavy (non-hydrogen) atoms. The molecule has 3 nitrogen and oxygen atoms in total. The molecular weight excluding hydrogens is 242 g/mol. The molecule has 2 aliphatic carbocycles. The van der Waals surface area contributed by atoms with Gasteiger partial charge >= 0.3 is 0 Å². The molecule has 1 heterocycles. The van der Waals surface area contributed by atoms with Gasteiger partial charge in [-0.1, -0.05) is 13.3 Å². The second-order valence-electron chi connectivity index (χ2n) is 5.56. The SMILES string of the molecule is CCCCN(c1nc(C2CC2)c(CN)s1)C1CC1. The Morgan fingerprint density at radius 2 is 2.11 bits per heavy atom. The Bertz CT molecular complexity index is 407. The van der Waals surface area contributed by atoms with E-state index in [0.717, 1.165) is 12.0 Å². The van der Waals surface area contributed by atoms with Gasteiger partial charge in [-0.25, -0.2) is 4.98 Å². The van der Waals surface area contributed by atoms with E-state index >= 15 is 0 Å². The minimum absolute atomic E-state index is 0.662. The molecular formula is C14H23N3S. The Hall–Kier alpha value is -0.610. The third kappa shape index (κ3) is 2.54. The van der Waals surface area contributed by atoms with Crippen molar-refractivity contribution in [2.45, 2.75) is 64.0 Å². The summed E-state index contributed by atoms with van der Waals surface area (Å²) in [6, 6.07) is 0.764. The van der Waals surface area contributed by atoms with Crippen LogP contribution in [0.3, 0.4) is 0 Å². The van der Waals surface area contributed by atoms with Gasteiger partial charge in [-0.05, 0) is 32.1 Å². The van der Waals surface area contributed by atoms with Crippen LogP contribution in [0.1, 0.15) is 61.9 Å². The summed E-state index contributed by atoms with van der Waals surface area (Å²) < 4.78 is 0. The van der Waals surface area contributed by atoms with Crippen LogP contribution in [-0.4, -0.2) is 17.6 Å². The van der Waals surface area contributed by atoms with Crippen LogP contribution in [0.15, 0.2) is 0 Å². The van der Waals surface area contributed by atoms with Crippen LogP contribution >= 0.6 is 11.3 Å². The Balaban J connectivity index is 1.79. The van der Waals surface area contributed by atoms with Crippen molar-refractivity contribution >= 4 is 16.5 Å². The second-order valence-corrected chi connectivity index (χ2v) is 6.62. The van der Waals surface area contributed by atoms with Crippen molar-refractivity contribution in [3.8, 4) is 0 Å². The predicted molar refractivity (Wildman–Crippen MR) is 77.3 cm³/mol. The van der Waals surface area contributed by atoms with Crippen LogP contribution in [-0.2, 0) is 6.54 Å². The fraction of sp³-hybridized carbons (Fsp3) is 0.786. The lowest BCUT2D eigenvalue weighted by molar-refractivity contribution is 0.709. The van der Waals surface area contributed by atoms with Gasteiger partial charge in [-0.15, -0.1) is 11.3 Å². The van der Waals surface area contributed by atoms with E-state index < -0.39 is 0 Å². The van der Waals surface area contributed by atoms with Gasteiger partial charge in [0.15, 0.2) is 5.13 Å². The number of aromatic nitrogens is 1. The van der Waals surface area contributed by atoms with Gasteiger partial charge in [0.1, 0.15) is 0 Å². The average molecular weight is 265 g/mol. The molecule has 0 radical (unpaired) electrons. The number of rotatable bonds is 7. The van der Waals surface area contributed by atoms with E-state index in [1.165, 1.54) is 60.8 Å². The summed E-state index contributed by atoms with van der Waals surface area (Å²) in [6.07, 6.45) is 7.85.